The number of aliphatic imine (C=N–C) groups is 1. The van der Waals surface area contributed by atoms with Crippen LogP contribution in [0.5, 0.6) is 5.75 Å². The zero-order chi connectivity index (χ0) is 26.8. The van der Waals surface area contributed by atoms with Gasteiger partial charge in [-0.15, -0.1) is 0 Å². The molecule has 39 heavy (non-hydrogen) atoms. The maximum absolute atomic E-state index is 13.2. The molecule has 6 nitrogen and oxygen atoms in total. The normalized spacial score (nSPS) is 19.3. The Bertz CT molecular complexity index is 1360. The second kappa shape index (κ2) is 11.3. The lowest BCUT2D eigenvalue weighted by atomic mass is 10.0. The molecule has 2 fully saturated rings. The Morgan fingerprint density at radius 1 is 0.949 bits per heavy atom. The van der Waals surface area contributed by atoms with E-state index in [0.717, 1.165) is 105 Å². The summed E-state index contributed by atoms with van der Waals surface area (Å²) in [5, 5.41) is 2.11. The Morgan fingerprint density at radius 2 is 1.74 bits per heavy atom. The molecule has 0 N–H and O–H groups in total. The first kappa shape index (κ1) is 25.8. The molecule has 204 valence electrons. The molecule has 0 spiro atoms. The van der Waals surface area contributed by atoms with Crippen molar-refractivity contribution in [3.8, 4) is 5.75 Å². The van der Waals surface area contributed by atoms with Crippen LogP contribution in [-0.4, -0.2) is 73.8 Å². The number of halogens is 1. The van der Waals surface area contributed by atoms with Crippen molar-refractivity contribution < 1.29 is 13.9 Å². The number of nitrogens with zero attached hydrogens (tertiary/aromatic N) is 4. The van der Waals surface area contributed by atoms with E-state index in [1.807, 2.05) is 35.4 Å². The third-order valence-corrected chi connectivity index (χ3v) is 8.37. The molecule has 3 aliphatic heterocycles. The number of anilines is 1. The summed E-state index contributed by atoms with van der Waals surface area (Å²) in [6, 6.07) is 15.2. The van der Waals surface area contributed by atoms with Gasteiger partial charge in [0.2, 0.25) is 0 Å². The van der Waals surface area contributed by atoms with E-state index in [1.165, 1.54) is 12.1 Å². The van der Waals surface area contributed by atoms with Crippen LogP contribution in [-0.2, 0) is 0 Å². The standard InChI is InChI=1S/C32H37FN4O2/c1-23-18-24-19-29-30(34-22-28-6-5-12-37(28)32(29)38)20-25(24)21-31(23)39-17-4-2-3-11-35-13-15-36(16-14-35)27-9-7-26(33)8-10-27/h7-10,18-22,28H,2-6,11-17H2,1H3/t28-/m0/s1. The molecule has 6 rings (SSSR count). The van der Waals surface area contributed by atoms with E-state index < -0.39 is 0 Å². The van der Waals surface area contributed by atoms with Gasteiger partial charge in [-0.3, -0.25) is 14.7 Å². The highest BCUT2D eigenvalue weighted by Gasteiger charge is 2.31. The number of carbonyl (C=O) groups is 1. The molecular formula is C32H37FN4O2. The molecule has 0 bridgehead atoms. The van der Waals surface area contributed by atoms with Crippen molar-refractivity contribution in [3.63, 3.8) is 0 Å². The van der Waals surface area contributed by atoms with Gasteiger partial charge in [-0.2, -0.15) is 0 Å². The maximum atomic E-state index is 13.2. The van der Waals surface area contributed by atoms with Gasteiger partial charge in [0.25, 0.3) is 5.91 Å². The lowest BCUT2D eigenvalue weighted by Gasteiger charge is -2.36. The number of hydrogen-bond acceptors (Lipinski definition) is 5. The minimum absolute atomic E-state index is 0.0969. The van der Waals surface area contributed by atoms with Crippen LogP contribution in [0.4, 0.5) is 15.8 Å². The molecule has 0 unspecified atom stereocenters. The summed E-state index contributed by atoms with van der Waals surface area (Å²) in [7, 11) is 0. The first-order valence-electron chi connectivity index (χ1n) is 14.3. The number of amides is 1. The van der Waals surface area contributed by atoms with Crippen LogP contribution in [0.2, 0.25) is 0 Å². The molecule has 3 aromatic rings. The minimum atomic E-state index is -0.182. The van der Waals surface area contributed by atoms with Crippen LogP contribution in [0.1, 0.15) is 48.0 Å². The van der Waals surface area contributed by atoms with Gasteiger partial charge >= 0.3 is 0 Å². The van der Waals surface area contributed by atoms with E-state index in [0.29, 0.717) is 12.2 Å². The molecule has 0 radical (unpaired) electrons. The summed E-state index contributed by atoms with van der Waals surface area (Å²) < 4.78 is 19.4. The Balaban J connectivity index is 0.976. The van der Waals surface area contributed by atoms with E-state index in [2.05, 4.69) is 28.9 Å². The maximum Gasteiger partial charge on any atom is 0.256 e. The largest absolute Gasteiger partial charge is 0.493 e. The smallest absolute Gasteiger partial charge is 0.256 e. The molecule has 3 aromatic carbocycles. The number of ether oxygens (including phenoxy) is 1. The monoisotopic (exact) mass is 528 g/mol. The predicted octanol–water partition coefficient (Wildman–Crippen LogP) is 5.98. The van der Waals surface area contributed by atoms with Gasteiger partial charge in [0.05, 0.1) is 23.9 Å². The Kier molecular flexibility index (Phi) is 7.51. The number of benzene rings is 3. The number of carbonyl (C=O) groups excluding carboxylic acids is 1. The summed E-state index contributed by atoms with van der Waals surface area (Å²) in [6.45, 7) is 8.74. The van der Waals surface area contributed by atoms with Crippen molar-refractivity contribution in [2.75, 3.05) is 50.8 Å². The van der Waals surface area contributed by atoms with Gasteiger partial charge in [0.15, 0.2) is 0 Å². The minimum Gasteiger partial charge on any atom is -0.493 e. The summed E-state index contributed by atoms with van der Waals surface area (Å²) in [4.78, 5) is 24.6. The van der Waals surface area contributed by atoms with Crippen LogP contribution in [0.3, 0.4) is 0 Å². The SMILES string of the molecule is Cc1cc2cc3c(cc2cc1OCCCCCN1CCN(c2ccc(F)cc2)CC1)N=C[C@@H]1CCCN1C3=O. The summed E-state index contributed by atoms with van der Waals surface area (Å²) in [6.07, 6.45) is 7.29. The van der Waals surface area contributed by atoms with Gasteiger partial charge in [0, 0.05) is 44.6 Å². The summed E-state index contributed by atoms with van der Waals surface area (Å²) in [5.74, 6) is 0.822. The fraction of sp³-hybridized carbons (Fsp3) is 0.438. The number of piperazine rings is 1. The van der Waals surface area contributed by atoms with E-state index in [9.17, 15) is 9.18 Å². The molecule has 7 heteroatoms. The highest BCUT2D eigenvalue weighted by molar-refractivity contribution is 6.06. The molecular weight excluding hydrogens is 491 g/mol. The second-order valence-electron chi connectivity index (χ2n) is 11.0. The molecule has 2 saturated heterocycles. The van der Waals surface area contributed by atoms with E-state index in [1.54, 1.807) is 0 Å². The van der Waals surface area contributed by atoms with Crippen LogP contribution in [0.15, 0.2) is 53.5 Å². The van der Waals surface area contributed by atoms with Crippen molar-refractivity contribution in [1.29, 1.82) is 0 Å². The first-order chi connectivity index (χ1) is 19.0. The fourth-order valence-corrected chi connectivity index (χ4v) is 6.06. The lowest BCUT2D eigenvalue weighted by molar-refractivity contribution is 0.0775. The predicted molar refractivity (Wildman–Crippen MR) is 155 cm³/mol. The number of hydrogen-bond donors (Lipinski definition) is 0. The van der Waals surface area contributed by atoms with Crippen molar-refractivity contribution >= 4 is 34.3 Å². The zero-order valence-electron chi connectivity index (χ0n) is 22.7. The average Bonchev–Trinajstić information content (AvgIpc) is 3.38. The van der Waals surface area contributed by atoms with Crippen LogP contribution >= 0.6 is 0 Å². The second-order valence-corrected chi connectivity index (χ2v) is 11.0. The molecule has 0 saturated carbocycles. The molecule has 3 heterocycles. The van der Waals surface area contributed by atoms with Gasteiger partial charge in [0.1, 0.15) is 11.6 Å². The van der Waals surface area contributed by atoms with Crippen molar-refractivity contribution in [3.05, 3.63) is 65.5 Å². The van der Waals surface area contributed by atoms with Gasteiger partial charge < -0.3 is 14.5 Å². The van der Waals surface area contributed by atoms with Gasteiger partial charge in [-0.1, -0.05) is 0 Å². The zero-order valence-corrected chi connectivity index (χ0v) is 22.7. The Hall–Kier alpha value is -3.45. The molecule has 3 aliphatic rings. The molecule has 1 atom stereocenters. The summed E-state index contributed by atoms with van der Waals surface area (Å²) >= 11 is 0. The Labute approximate surface area is 230 Å². The highest BCUT2D eigenvalue weighted by atomic mass is 19.1. The highest BCUT2D eigenvalue weighted by Crippen LogP contribution is 2.35. The van der Waals surface area contributed by atoms with Crippen molar-refractivity contribution in [2.24, 2.45) is 4.99 Å². The van der Waals surface area contributed by atoms with Crippen LogP contribution in [0, 0.1) is 12.7 Å². The third kappa shape index (κ3) is 5.64. The number of aryl methyl sites for hydroxylation is 1. The van der Waals surface area contributed by atoms with E-state index in [-0.39, 0.29) is 17.8 Å². The molecule has 0 aliphatic carbocycles. The molecule has 0 aromatic heterocycles. The lowest BCUT2D eigenvalue weighted by Crippen LogP contribution is -2.46. The van der Waals surface area contributed by atoms with Crippen molar-refractivity contribution in [1.82, 2.24) is 9.80 Å². The number of rotatable bonds is 8. The third-order valence-electron chi connectivity index (χ3n) is 8.37. The quantitative estimate of drug-likeness (QED) is 0.338. The topological polar surface area (TPSA) is 48.4 Å². The fourth-order valence-electron chi connectivity index (χ4n) is 6.06. The average molecular weight is 529 g/mol. The van der Waals surface area contributed by atoms with E-state index >= 15 is 0 Å². The Morgan fingerprint density at radius 3 is 2.56 bits per heavy atom. The van der Waals surface area contributed by atoms with Crippen LogP contribution in [0.25, 0.3) is 10.8 Å². The van der Waals surface area contributed by atoms with Gasteiger partial charge in [-0.05, 0) is 110 Å². The number of fused-ring (bicyclic) bond motifs is 3. The van der Waals surface area contributed by atoms with Crippen molar-refractivity contribution in [2.45, 2.75) is 45.1 Å². The molecule has 1 amide bonds. The summed E-state index contributed by atoms with van der Waals surface area (Å²) in [5.41, 5.74) is 3.66. The van der Waals surface area contributed by atoms with Crippen LogP contribution < -0.4 is 9.64 Å². The number of unbranched alkanes of at least 4 members (excludes halogenated alkanes) is 2. The van der Waals surface area contributed by atoms with E-state index in [4.69, 9.17) is 9.73 Å². The van der Waals surface area contributed by atoms with Gasteiger partial charge in [-0.25, -0.2) is 4.39 Å². The first-order valence-corrected chi connectivity index (χ1v) is 14.3.